The van der Waals surface area contributed by atoms with Gasteiger partial charge in [-0.25, -0.2) is 9.07 Å². The number of nitrogens with one attached hydrogen (secondary N) is 1. The number of halogens is 1. The van der Waals surface area contributed by atoms with Crippen LogP contribution in [0, 0.1) is 5.82 Å². The molecule has 0 spiro atoms. The lowest BCUT2D eigenvalue weighted by molar-refractivity contribution is -0.120. The predicted molar refractivity (Wildman–Crippen MR) is 99.2 cm³/mol. The van der Waals surface area contributed by atoms with Gasteiger partial charge in [-0.1, -0.05) is 42.1 Å². The van der Waals surface area contributed by atoms with Gasteiger partial charge >= 0.3 is 0 Å². The first-order valence-corrected chi connectivity index (χ1v) is 8.87. The first-order chi connectivity index (χ1) is 12.5. The topological polar surface area (TPSA) is 85.8 Å². The van der Waals surface area contributed by atoms with Crippen LogP contribution in [0.2, 0.25) is 0 Å². The molecule has 1 atom stereocenters. The van der Waals surface area contributed by atoms with Crippen molar-refractivity contribution >= 4 is 17.7 Å². The van der Waals surface area contributed by atoms with Crippen LogP contribution in [0.5, 0.6) is 0 Å². The molecular formula is C18H18FN5OS. The summed E-state index contributed by atoms with van der Waals surface area (Å²) in [6, 6.07) is 15.5. The monoisotopic (exact) mass is 371 g/mol. The second kappa shape index (κ2) is 8.01. The van der Waals surface area contributed by atoms with Gasteiger partial charge in [-0.15, -0.1) is 10.2 Å². The molecule has 1 aromatic heterocycles. The molecule has 0 fully saturated rings. The van der Waals surface area contributed by atoms with Crippen LogP contribution in [-0.2, 0) is 11.3 Å². The average molecular weight is 371 g/mol. The third kappa shape index (κ3) is 4.20. The molecule has 0 unspecified atom stereocenters. The second-order valence-corrected chi connectivity index (χ2v) is 6.95. The summed E-state index contributed by atoms with van der Waals surface area (Å²) in [5.41, 5.74) is 1.67. The van der Waals surface area contributed by atoms with Gasteiger partial charge in [-0.05, 0) is 36.8 Å². The van der Waals surface area contributed by atoms with E-state index in [0.29, 0.717) is 23.1 Å². The SMILES string of the molecule is C[C@H](Sc1nnc(-c2ccc(F)cc2)n1N)C(=O)NCc1ccccc1. The molecule has 8 heteroatoms. The molecule has 1 amide bonds. The van der Waals surface area contributed by atoms with E-state index in [1.165, 1.54) is 28.6 Å². The molecule has 0 aliphatic rings. The second-order valence-electron chi connectivity index (χ2n) is 5.65. The minimum atomic E-state index is -0.397. The van der Waals surface area contributed by atoms with Gasteiger partial charge in [0, 0.05) is 12.1 Å². The van der Waals surface area contributed by atoms with Crippen LogP contribution >= 0.6 is 11.8 Å². The first kappa shape index (κ1) is 17.9. The van der Waals surface area contributed by atoms with Gasteiger partial charge in [0.05, 0.1) is 5.25 Å². The number of amides is 1. The Morgan fingerprint density at radius 1 is 1.19 bits per heavy atom. The molecule has 2 aromatic carbocycles. The van der Waals surface area contributed by atoms with Crippen LogP contribution in [0.4, 0.5) is 4.39 Å². The Morgan fingerprint density at radius 2 is 1.88 bits per heavy atom. The van der Waals surface area contributed by atoms with E-state index < -0.39 is 5.25 Å². The quantitative estimate of drug-likeness (QED) is 0.514. The summed E-state index contributed by atoms with van der Waals surface area (Å²) in [5, 5.41) is 11.0. The molecule has 0 aliphatic heterocycles. The highest BCUT2D eigenvalue weighted by Gasteiger charge is 2.19. The Kier molecular flexibility index (Phi) is 5.52. The number of nitrogens with two attached hydrogens (primary N) is 1. The van der Waals surface area contributed by atoms with E-state index in [9.17, 15) is 9.18 Å². The summed E-state index contributed by atoms with van der Waals surface area (Å²) in [7, 11) is 0. The molecule has 3 N–H and O–H groups in total. The van der Waals surface area contributed by atoms with E-state index in [2.05, 4.69) is 15.5 Å². The van der Waals surface area contributed by atoms with Gasteiger partial charge in [0.2, 0.25) is 11.1 Å². The maximum absolute atomic E-state index is 13.0. The van der Waals surface area contributed by atoms with Crippen molar-refractivity contribution in [1.29, 1.82) is 0 Å². The Hall–Kier alpha value is -2.87. The molecular weight excluding hydrogens is 353 g/mol. The van der Waals surface area contributed by atoms with Gasteiger partial charge in [0.15, 0.2) is 5.82 Å². The van der Waals surface area contributed by atoms with E-state index in [1.807, 2.05) is 30.3 Å². The minimum absolute atomic E-state index is 0.120. The highest BCUT2D eigenvalue weighted by Crippen LogP contribution is 2.25. The number of hydrogen-bond donors (Lipinski definition) is 2. The zero-order valence-corrected chi connectivity index (χ0v) is 14.9. The van der Waals surface area contributed by atoms with Gasteiger partial charge < -0.3 is 11.2 Å². The van der Waals surface area contributed by atoms with E-state index in [1.54, 1.807) is 19.1 Å². The van der Waals surface area contributed by atoms with Crippen molar-refractivity contribution in [3.8, 4) is 11.4 Å². The van der Waals surface area contributed by atoms with Crippen LogP contribution in [0.25, 0.3) is 11.4 Å². The van der Waals surface area contributed by atoms with Crippen LogP contribution < -0.4 is 11.2 Å². The number of thioether (sulfide) groups is 1. The lowest BCUT2D eigenvalue weighted by atomic mass is 10.2. The molecule has 6 nitrogen and oxygen atoms in total. The van der Waals surface area contributed by atoms with E-state index in [4.69, 9.17) is 5.84 Å². The van der Waals surface area contributed by atoms with Gasteiger partial charge in [-0.3, -0.25) is 4.79 Å². The lowest BCUT2D eigenvalue weighted by Crippen LogP contribution is -2.30. The lowest BCUT2D eigenvalue weighted by Gasteiger charge is -2.11. The molecule has 3 aromatic rings. The molecule has 26 heavy (non-hydrogen) atoms. The maximum atomic E-state index is 13.0. The largest absolute Gasteiger partial charge is 0.351 e. The van der Waals surface area contributed by atoms with Crippen molar-refractivity contribution in [2.24, 2.45) is 0 Å². The summed E-state index contributed by atoms with van der Waals surface area (Å²) in [6.45, 7) is 2.23. The summed E-state index contributed by atoms with van der Waals surface area (Å²) in [4.78, 5) is 12.3. The number of aromatic nitrogens is 3. The molecule has 0 aliphatic carbocycles. The molecule has 0 saturated carbocycles. The van der Waals surface area contributed by atoms with Crippen molar-refractivity contribution in [3.05, 3.63) is 66.0 Å². The molecule has 3 rings (SSSR count). The van der Waals surface area contributed by atoms with Crippen molar-refractivity contribution in [2.75, 3.05) is 5.84 Å². The van der Waals surface area contributed by atoms with Gasteiger partial charge in [-0.2, -0.15) is 0 Å². The fourth-order valence-electron chi connectivity index (χ4n) is 2.29. The number of nitrogens with zero attached hydrogens (tertiary/aromatic N) is 3. The zero-order chi connectivity index (χ0) is 18.5. The summed E-state index contributed by atoms with van der Waals surface area (Å²) < 4.78 is 14.3. The number of nitrogen functional groups attached to an aromatic ring is 1. The van der Waals surface area contributed by atoms with E-state index in [-0.39, 0.29) is 11.7 Å². The molecule has 0 bridgehead atoms. The minimum Gasteiger partial charge on any atom is -0.351 e. The maximum Gasteiger partial charge on any atom is 0.233 e. The number of carbonyl (C=O) groups is 1. The predicted octanol–water partition coefficient (Wildman–Crippen LogP) is 2.60. The number of carbonyl (C=O) groups excluding carboxylic acids is 1. The Bertz CT molecular complexity index is 882. The van der Waals surface area contributed by atoms with Crippen molar-refractivity contribution < 1.29 is 9.18 Å². The van der Waals surface area contributed by atoms with Crippen LogP contribution in [0.1, 0.15) is 12.5 Å². The fourth-order valence-corrected chi connectivity index (χ4v) is 3.09. The number of benzene rings is 2. The van der Waals surface area contributed by atoms with Crippen LogP contribution in [-0.4, -0.2) is 26.0 Å². The summed E-state index contributed by atoms with van der Waals surface area (Å²) >= 11 is 1.21. The average Bonchev–Trinajstić information content (AvgIpc) is 3.01. The van der Waals surface area contributed by atoms with Crippen molar-refractivity contribution in [1.82, 2.24) is 20.2 Å². The Morgan fingerprint density at radius 3 is 2.58 bits per heavy atom. The van der Waals surface area contributed by atoms with Gasteiger partial charge in [0.25, 0.3) is 0 Å². The van der Waals surface area contributed by atoms with E-state index >= 15 is 0 Å². The number of rotatable bonds is 6. The zero-order valence-electron chi connectivity index (χ0n) is 14.1. The Balaban J connectivity index is 1.63. The molecule has 1 heterocycles. The summed E-state index contributed by atoms with van der Waals surface area (Å²) in [5.74, 6) is 5.98. The normalized spacial score (nSPS) is 11.9. The van der Waals surface area contributed by atoms with Crippen molar-refractivity contribution in [2.45, 2.75) is 23.9 Å². The van der Waals surface area contributed by atoms with Crippen molar-refractivity contribution in [3.63, 3.8) is 0 Å². The number of hydrogen-bond acceptors (Lipinski definition) is 5. The van der Waals surface area contributed by atoms with Crippen LogP contribution in [0.15, 0.2) is 59.8 Å². The fraction of sp³-hybridized carbons (Fsp3) is 0.167. The standard InChI is InChI=1S/C18H18FN5OS/c1-12(17(25)21-11-13-5-3-2-4-6-13)26-18-23-22-16(24(18)20)14-7-9-15(19)10-8-14/h2-10,12H,11,20H2,1H3,(H,21,25)/t12-/m0/s1. The third-order valence-corrected chi connectivity index (χ3v) is 4.78. The third-order valence-electron chi connectivity index (χ3n) is 3.73. The molecule has 0 radical (unpaired) electrons. The first-order valence-electron chi connectivity index (χ1n) is 7.99. The van der Waals surface area contributed by atoms with Crippen LogP contribution in [0.3, 0.4) is 0 Å². The highest BCUT2D eigenvalue weighted by atomic mass is 32.2. The highest BCUT2D eigenvalue weighted by molar-refractivity contribution is 8.00. The molecule has 134 valence electrons. The van der Waals surface area contributed by atoms with Gasteiger partial charge in [0.1, 0.15) is 5.82 Å². The summed E-state index contributed by atoms with van der Waals surface area (Å²) in [6.07, 6.45) is 0. The molecule has 0 saturated heterocycles. The smallest absolute Gasteiger partial charge is 0.233 e. The Labute approximate surface area is 154 Å². The van der Waals surface area contributed by atoms with E-state index in [0.717, 1.165) is 5.56 Å².